The summed E-state index contributed by atoms with van der Waals surface area (Å²) in [7, 11) is 0. The Balaban J connectivity index is 1.25. The van der Waals surface area contributed by atoms with Crippen molar-refractivity contribution < 1.29 is 4.79 Å². The minimum Gasteiger partial charge on any atom is -0.355 e. The molecule has 2 aromatic rings. The summed E-state index contributed by atoms with van der Waals surface area (Å²) < 4.78 is 1.86. The predicted molar refractivity (Wildman–Crippen MR) is 104 cm³/mol. The van der Waals surface area contributed by atoms with Gasteiger partial charge in [-0.05, 0) is 57.0 Å². The molecule has 0 spiro atoms. The van der Waals surface area contributed by atoms with Gasteiger partial charge in [-0.25, -0.2) is 0 Å². The monoisotopic (exact) mass is 374 g/mol. The number of benzene rings is 1. The van der Waals surface area contributed by atoms with Crippen molar-refractivity contribution in [2.45, 2.75) is 45.1 Å². The number of nitrogens with zero attached hydrogens (tertiary/aromatic N) is 3. The van der Waals surface area contributed by atoms with E-state index in [1.54, 1.807) is 0 Å². The first kappa shape index (κ1) is 17.8. The van der Waals surface area contributed by atoms with Gasteiger partial charge >= 0.3 is 0 Å². The van der Waals surface area contributed by atoms with Gasteiger partial charge in [0.2, 0.25) is 5.91 Å². The van der Waals surface area contributed by atoms with Crippen molar-refractivity contribution in [2.24, 2.45) is 5.41 Å². The molecule has 0 atom stereocenters. The zero-order valence-corrected chi connectivity index (χ0v) is 16.0. The number of likely N-dealkylation sites (tertiary alicyclic amines) is 1. The predicted octanol–water partition coefficient (Wildman–Crippen LogP) is 3.46. The van der Waals surface area contributed by atoms with E-state index in [0.29, 0.717) is 23.4 Å². The van der Waals surface area contributed by atoms with E-state index in [-0.39, 0.29) is 5.91 Å². The lowest BCUT2D eigenvalue weighted by Gasteiger charge is -2.30. The number of fused-ring (bicyclic) bond motifs is 1. The van der Waals surface area contributed by atoms with Crippen molar-refractivity contribution in [3.05, 3.63) is 29.4 Å². The normalized spacial score (nSPS) is 19.6. The Labute approximate surface area is 159 Å². The summed E-state index contributed by atoms with van der Waals surface area (Å²) in [5, 5.41) is 9.28. The van der Waals surface area contributed by atoms with Crippen molar-refractivity contribution >= 4 is 28.4 Å². The third-order valence-corrected chi connectivity index (χ3v) is 6.02. The highest BCUT2D eigenvalue weighted by molar-refractivity contribution is 6.31. The number of nitrogens with one attached hydrogen (secondary N) is 1. The van der Waals surface area contributed by atoms with Crippen LogP contribution in [0.1, 0.15) is 38.5 Å². The molecule has 1 N–H and O–H groups in total. The molecule has 1 saturated heterocycles. The Morgan fingerprint density at radius 2 is 2.04 bits per heavy atom. The number of hydrogen-bond acceptors (Lipinski definition) is 3. The number of piperidine rings is 1. The van der Waals surface area contributed by atoms with Crippen LogP contribution in [0.15, 0.2) is 24.4 Å². The van der Waals surface area contributed by atoms with Crippen LogP contribution in [0.25, 0.3) is 10.9 Å². The number of rotatable bonds is 7. The van der Waals surface area contributed by atoms with Gasteiger partial charge in [0.05, 0.1) is 18.3 Å². The molecular formula is C20H27ClN4O. The summed E-state index contributed by atoms with van der Waals surface area (Å²) in [5.74, 6) is 0.112. The van der Waals surface area contributed by atoms with Crippen LogP contribution in [-0.4, -0.2) is 46.8 Å². The van der Waals surface area contributed by atoms with E-state index < -0.39 is 0 Å². The highest BCUT2D eigenvalue weighted by Gasteiger charge is 2.43. The van der Waals surface area contributed by atoms with E-state index in [2.05, 4.69) is 15.3 Å². The molecule has 1 aliphatic carbocycles. The summed E-state index contributed by atoms with van der Waals surface area (Å²) in [6.45, 7) is 4.99. The fourth-order valence-corrected chi connectivity index (χ4v) is 4.13. The topological polar surface area (TPSA) is 50.2 Å². The molecule has 0 bridgehead atoms. The zero-order valence-electron chi connectivity index (χ0n) is 15.2. The molecule has 6 heteroatoms. The summed E-state index contributed by atoms with van der Waals surface area (Å²) in [5.41, 5.74) is 1.31. The molecule has 1 aromatic heterocycles. The van der Waals surface area contributed by atoms with Crippen molar-refractivity contribution in [3.8, 4) is 0 Å². The lowest BCUT2D eigenvalue weighted by molar-refractivity contribution is -0.121. The van der Waals surface area contributed by atoms with Gasteiger partial charge in [-0.15, -0.1) is 0 Å². The first-order valence-corrected chi connectivity index (χ1v) is 10.1. The molecule has 1 aliphatic heterocycles. The van der Waals surface area contributed by atoms with Gasteiger partial charge < -0.3 is 10.2 Å². The fraction of sp³-hybridized carbons (Fsp3) is 0.600. The van der Waals surface area contributed by atoms with Gasteiger partial charge in [0.15, 0.2) is 0 Å². The van der Waals surface area contributed by atoms with E-state index in [1.165, 1.54) is 45.2 Å². The van der Waals surface area contributed by atoms with Crippen molar-refractivity contribution in [3.63, 3.8) is 0 Å². The van der Waals surface area contributed by atoms with Crippen molar-refractivity contribution in [1.29, 1.82) is 0 Å². The quantitative estimate of drug-likeness (QED) is 0.807. The summed E-state index contributed by atoms with van der Waals surface area (Å²) >= 11 is 6.07. The van der Waals surface area contributed by atoms with E-state index >= 15 is 0 Å². The maximum Gasteiger partial charge on any atom is 0.221 e. The number of carbonyl (C=O) groups excluding carboxylic acids is 1. The molecule has 4 rings (SSSR count). The maximum atomic E-state index is 12.3. The minimum atomic E-state index is 0.112. The molecule has 1 amide bonds. The molecule has 2 aliphatic rings. The number of hydrogen-bond donors (Lipinski definition) is 1. The van der Waals surface area contributed by atoms with Gasteiger partial charge in [-0.1, -0.05) is 18.0 Å². The maximum absolute atomic E-state index is 12.3. The lowest BCUT2D eigenvalue weighted by Crippen LogP contribution is -2.40. The molecule has 0 radical (unpaired) electrons. The third kappa shape index (κ3) is 4.21. The lowest BCUT2D eigenvalue weighted by atomic mass is 10.0. The molecule has 5 nitrogen and oxygen atoms in total. The second-order valence-corrected chi connectivity index (χ2v) is 8.37. The highest BCUT2D eigenvalue weighted by Crippen LogP contribution is 2.46. The average molecular weight is 375 g/mol. The Morgan fingerprint density at radius 3 is 2.81 bits per heavy atom. The number of amides is 1. The second-order valence-electron chi connectivity index (χ2n) is 7.93. The average Bonchev–Trinajstić information content (AvgIpc) is 3.30. The SMILES string of the molecule is O=C(CCn1ncc2ccc(Cl)cc21)NCC1(CN2CCCCC2)CC1. The van der Waals surface area contributed by atoms with Gasteiger partial charge in [-0.3, -0.25) is 9.48 Å². The summed E-state index contributed by atoms with van der Waals surface area (Å²) in [6, 6.07) is 5.72. The van der Waals surface area contributed by atoms with Crippen LogP contribution >= 0.6 is 11.6 Å². The molecule has 140 valence electrons. The second kappa shape index (κ2) is 7.57. The van der Waals surface area contributed by atoms with Crippen LogP contribution in [0.3, 0.4) is 0 Å². The zero-order chi connectivity index (χ0) is 18.0. The molecule has 26 heavy (non-hydrogen) atoms. The smallest absolute Gasteiger partial charge is 0.221 e. The molecular weight excluding hydrogens is 348 g/mol. The van der Waals surface area contributed by atoms with Crippen LogP contribution in [0.4, 0.5) is 0 Å². The Bertz CT molecular complexity index is 777. The van der Waals surface area contributed by atoms with Crippen LogP contribution in [0.2, 0.25) is 5.02 Å². The molecule has 2 heterocycles. The van der Waals surface area contributed by atoms with Crippen LogP contribution in [0, 0.1) is 5.41 Å². The third-order valence-electron chi connectivity index (χ3n) is 5.78. The highest BCUT2D eigenvalue weighted by atomic mass is 35.5. The molecule has 1 saturated carbocycles. The van der Waals surface area contributed by atoms with Gasteiger partial charge in [-0.2, -0.15) is 5.10 Å². The van der Waals surface area contributed by atoms with Gasteiger partial charge in [0.25, 0.3) is 0 Å². The van der Waals surface area contributed by atoms with E-state index in [0.717, 1.165) is 24.0 Å². The standard InChI is InChI=1S/C20H27ClN4O/c21-17-5-4-16-13-23-25(18(16)12-17)11-6-19(26)22-14-20(7-8-20)15-24-9-2-1-3-10-24/h4-5,12-13H,1-3,6-11,14-15H2,(H,22,26). The summed E-state index contributed by atoms with van der Waals surface area (Å²) in [4.78, 5) is 14.9. The molecule has 1 aromatic carbocycles. The fourth-order valence-electron chi connectivity index (χ4n) is 3.96. The Hall–Kier alpha value is -1.59. The van der Waals surface area contributed by atoms with E-state index in [9.17, 15) is 4.79 Å². The first-order chi connectivity index (χ1) is 12.6. The number of halogens is 1. The Morgan fingerprint density at radius 1 is 1.23 bits per heavy atom. The van der Waals surface area contributed by atoms with E-state index in [1.807, 2.05) is 29.1 Å². The van der Waals surface area contributed by atoms with Crippen LogP contribution in [0.5, 0.6) is 0 Å². The summed E-state index contributed by atoms with van der Waals surface area (Å²) in [6.07, 6.45) is 8.77. The van der Waals surface area contributed by atoms with Crippen molar-refractivity contribution in [1.82, 2.24) is 20.0 Å². The largest absolute Gasteiger partial charge is 0.355 e. The van der Waals surface area contributed by atoms with Gasteiger partial charge in [0.1, 0.15) is 0 Å². The van der Waals surface area contributed by atoms with Crippen LogP contribution in [-0.2, 0) is 11.3 Å². The minimum absolute atomic E-state index is 0.112. The molecule has 2 fully saturated rings. The Kier molecular flexibility index (Phi) is 5.18. The first-order valence-electron chi connectivity index (χ1n) is 9.74. The number of carbonyl (C=O) groups is 1. The van der Waals surface area contributed by atoms with E-state index in [4.69, 9.17) is 11.6 Å². The number of aryl methyl sites for hydroxylation is 1. The van der Waals surface area contributed by atoms with Crippen LogP contribution < -0.4 is 5.32 Å². The van der Waals surface area contributed by atoms with Gasteiger partial charge in [0, 0.05) is 35.3 Å². The molecule has 0 unspecified atom stereocenters. The van der Waals surface area contributed by atoms with Crippen molar-refractivity contribution in [2.75, 3.05) is 26.2 Å². The number of aromatic nitrogens is 2.